The van der Waals surface area contributed by atoms with Gasteiger partial charge in [-0.1, -0.05) is 6.07 Å². The van der Waals surface area contributed by atoms with Crippen molar-refractivity contribution in [3.63, 3.8) is 0 Å². The van der Waals surface area contributed by atoms with Gasteiger partial charge < -0.3 is 15.2 Å². The van der Waals surface area contributed by atoms with Crippen LogP contribution in [-0.4, -0.2) is 15.2 Å². The number of hydrogen-bond acceptors (Lipinski definition) is 4. The second-order valence-electron chi connectivity index (χ2n) is 5.17. The molecule has 0 atom stereocenters. The number of phenols is 2. The third-order valence-corrected chi connectivity index (χ3v) is 4.72. The van der Waals surface area contributed by atoms with Crippen LogP contribution in [0, 0.1) is 5.82 Å². The summed E-state index contributed by atoms with van der Waals surface area (Å²) >= 11 is 1.30. The van der Waals surface area contributed by atoms with Crippen molar-refractivity contribution in [3.8, 4) is 22.6 Å². The number of rotatable bonds is 1. The lowest BCUT2D eigenvalue weighted by molar-refractivity contribution is 0.432. The molecule has 4 aromatic rings. The molecule has 2 heterocycles. The number of benzene rings is 2. The number of aromatic amines is 1. The number of aromatic nitrogens is 1. The van der Waals surface area contributed by atoms with Crippen molar-refractivity contribution in [2.75, 3.05) is 0 Å². The topological polar surface area (TPSA) is 73.3 Å². The van der Waals surface area contributed by atoms with E-state index in [4.69, 9.17) is 0 Å². The number of nitrogens with one attached hydrogen (secondary N) is 1. The van der Waals surface area contributed by atoms with Gasteiger partial charge in [0.2, 0.25) is 0 Å². The van der Waals surface area contributed by atoms with E-state index >= 15 is 0 Å². The van der Waals surface area contributed by atoms with Crippen molar-refractivity contribution in [3.05, 3.63) is 57.9 Å². The summed E-state index contributed by atoms with van der Waals surface area (Å²) in [5, 5.41) is 22.8. The Kier molecular flexibility index (Phi) is 2.89. The lowest BCUT2D eigenvalue weighted by atomic mass is 9.97. The van der Waals surface area contributed by atoms with Crippen molar-refractivity contribution < 1.29 is 14.6 Å². The first-order valence-corrected chi connectivity index (χ1v) is 7.68. The predicted octanol–water partition coefficient (Wildman–Crippen LogP) is 3.96. The Hall–Kier alpha value is -2.86. The third kappa shape index (κ3) is 1.99. The molecule has 23 heavy (non-hydrogen) atoms. The van der Waals surface area contributed by atoms with Crippen LogP contribution < -0.4 is 5.56 Å². The van der Waals surface area contributed by atoms with Gasteiger partial charge >= 0.3 is 0 Å². The smallest absolute Gasteiger partial charge is 0.266 e. The molecule has 0 saturated heterocycles. The van der Waals surface area contributed by atoms with Gasteiger partial charge in [0.1, 0.15) is 10.4 Å². The van der Waals surface area contributed by atoms with Gasteiger partial charge in [-0.15, -0.1) is 11.3 Å². The minimum Gasteiger partial charge on any atom is -0.507 e. The zero-order valence-corrected chi connectivity index (χ0v) is 12.4. The molecule has 6 heteroatoms. The van der Waals surface area contributed by atoms with Crippen molar-refractivity contribution in [1.29, 1.82) is 0 Å². The highest BCUT2D eigenvalue weighted by Gasteiger charge is 2.16. The summed E-state index contributed by atoms with van der Waals surface area (Å²) in [7, 11) is 0. The summed E-state index contributed by atoms with van der Waals surface area (Å²) in [6, 6.07) is 8.79. The molecule has 0 bridgehead atoms. The Bertz CT molecular complexity index is 1130. The molecule has 0 aliphatic rings. The second kappa shape index (κ2) is 4.82. The van der Waals surface area contributed by atoms with E-state index in [9.17, 15) is 19.4 Å². The molecule has 0 saturated carbocycles. The molecule has 2 aromatic carbocycles. The number of hydrogen-bond donors (Lipinski definition) is 3. The number of thiophene rings is 1. The van der Waals surface area contributed by atoms with Gasteiger partial charge in [-0.2, -0.15) is 0 Å². The standard InChI is InChI=1S/C17H10FNO3S/c18-10-7-8(1-3-12(10)20)14-13(21)4-2-11-15(14)9-5-6-23-16(9)17(22)19-11/h1-7,20-21H,(H,19,22). The van der Waals surface area contributed by atoms with E-state index in [2.05, 4.69) is 4.98 Å². The van der Waals surface area contributed by atoms with Crippen LogP contribution in [0.5, 0.6) is 11.5 Å². The van der Waals surface area contributed by atoms with Crippen LogP contribution in [0.3, 0.4) is 0 Å². The SMILES string of the molecule is O=c1[nH]c2ccc(O)c(-c3ccc(O)c(F)c3)c2c2ccsc12. The van der Waals surface area contributed by atoms with Crippen molar-refractivity contribution in [2.24, 2.45) is 0 Å². The summed E-state index contributed by atoms with van der Waals surface area (Å²) in [5.74, 6) is -1.26. The molecular formula is C17H10FNO3S. The van der Waals surface area contributed by atoms with Crippen molar-refractivity contribution in [2.45, 2.75) is 0 Å². The van der Waals surface area contributed by atoms with E-state index in [-0.39, 0.29) is 11.3 Å². The fraction of sp³-hybridized carbons (Fsp3) is 0. The normalized spacial score (nSPS) is 11.3. The highest BCUT2D eigenvalue weighted by molar-refractivity contribution is 7.17. The maximum atomic E-state index is 13.7. The van der Waals surface area contributed by atoms with Crippen LogP contribution in [-0.2, 0) is 0 Å². The van der Waals surface area contributed by atoms with E-state index in [0.29, 0.717) is 32.1 Å². The monoisotopic (exact) mass is 327 g/mol. The first kappa shape index (κ1) is 13.8. The number of halogens is 1. The van der Waals surface area contributed by atoms with E-state index < -0.39 is 11.6 Å². The van der Waals surface area contributed by atoms with Crippen LogP contribution in [0.2, 0.25) is 0 Å². The quantitative estimate of drug-likeness (QED) is 0.495. The molecule has 0 spiro atoms. The Morgan fingerprint density at radius 1 is 1.04 bits per heavy atom. The Morgan fingerprint density at radius 3 is 2.61 bits per heavy atom. The average Bonchev–Trinajstić information content (AvgIpc) is 3.01. The molecule has 0 unspecified atom stereocenters. The number of phenolic OH excluding ortho intramolecular Hbond substituents is 2. The van der Waals surface area contributed by atoms with Gasteiger partial charge in [-0.25, -0.2) is 4.39 Å². The van der Waals surface area contributed by atoms with Crippen LogP contribution >= 0.6 is 11.3 Å². The first-order chi connectivity index (χ1) is 11.1. The summed E-state index contributed by atoms with van der Waals surface area (Å²) in [5.41, 5.74) is 1.20. The molecule has 4 rings (SSSR count). The van der Waals surface area contributed by atoms with Crippen LogP contribution in [0.1, 0.15) is 0 Å². The molecule has 0 fully saturated rings. The molecule has 3 N–H and O–H groups in total. The van der Waals surface area contributed by atoms with E-state index in [1.165, 1.54) is 29.5 Å². The number of H-pyrrole nitrogens is 1. The van der Waals surface area contributed by atoms with Crippen molar-refractivity contribution >= 4 is 32.3 Å². The molecule has 0 radical (unpaired) electrons. The highest BCUT2D eigenvalue weighted by atomic mass is 32.1. The molecule has 0 amide bonds. The predicted molar refractivity (Wildman–Crippen MR) is 88.7 cm³/mol. The molecule has 114 valence electrons. The first-order valence-electron chi connectivity index (χ1n) is 6.80. The molecule has 0 aliphatic heterocycles. The van der Waals surface area contributed by atoms with Crippen molar-refractivity contribution in [1.82, 2.24) is 4.98 Å². The van der Waals surface area contributed by atoms with E-state index in [1.54, 1.807) is 17.5 Å². The van der Waals surface area contributed by atoms with Crippen LogP contribution in [0.25, 0.3) is 32.1 Å². The lowest BCUT2D eigenvalue weighted by Crippen LogP contribution is -2.04. The fourth-order valence-electron chi connectivity index (χ4n) is 2.79. The van der Waals surface area contributed by atoms with E-state index in [1.807, 2.05) is 0 Å². The number of aromatic hydroxyl groups is 2. The van der Waals surface area contributed by atoms with Gasteiger partial charge in [-0.05, 0) is 41.3 Å². The minimum atomic E-state index is -0.773. The highest BCUT2D eigenvalue weighted by Crippen LogP contribution is 2.40. The zero-order valence-electron chi connectivity index (χ0n) is 11.6. The second-order valence-corrected chi connectivity index (χ2v) is 6.08. The zero-order chi connectivity index (χ0) is 16.1. The van der Waals surface area contributed by atoms with Crippen LogP contribution in [0.4, 0.5) is 4.39 Å². The summed E-state index contributed by atoms with van der Waals surface area (Å²) < 4.78 is 14.3. The molecule has 0 aliphatic carbocycles. The van der Waals surface area contributed by atoms with Crippen LogP contribution in [0.15, 0.2) is 46.6 Å². The molecule has 4 nitrogen and oxygen atoms in total. The Balaban J connectivity index is 2.21. The Labute approximate surface area is 133 Å². The van der Waals surface area contributed by atoms with E-state index in [0.717, 1.165) is 6.07 Å². The summed E-state index contributed by atoms with van der Waals surface area (Å²) in [6.45, 7) is 0. The molecule has 2 aromatic heterocycles. The largest absolute Gasteiger partial charge is 0.507 e. The van der Waals surface area contributed by atoms with Gasteiger partial charge in [0.05, 0.1) is 0 Å². The fourth-order valence-corrected chi connectivity index (χ4v) is 3.59. The molecular weight excluding hydrogens is 317 g/mol. The van der Waals surface area contributed by atoms with Gasteiger partial charge in [0.15, 0.2) is 11.6 Å². The van der Waals surface area contributed by atoms with Gasteiger partial charge in [-0.3, -0.25) is 4.79 Å². The van der Waals surface area contributed by atoms with Gasteiger partial charge in [0, 0.05) is 21.9 Å². The summed E-state index contributed by atoms with van der Waals surface area (Å²) in [6.07, 6.45) is 0. The Morgan fingerprint density at radius 2 is 1.83 bits per heavy atom. The average molecular weight is 327 g/mol. The van der Waals surface area contributed by atoms with Gasteiger partial charge in [0.25, 0.3) is 5.56 Å². The number of fused-ring (bicyclic) bond motifs is 3. The number of pyridine rings is 1. The maximum absolute atomic E-state index is 13.7. The minimum absolute atomic E-state index is 0.0258. The third-order valence-electron chi connectivity index (χ3n) is 3.81. The summed E-state index contributed by atoms with van der Waals surface area (Å²) in [4.78, 5) is 14.9. The lowest BCUT2D eigenvalue weighted by Gasteiger charge is -2.11. The maximum Gasteiger partial charge on any atom is 0.266 e.